The predicted octanol–water partition coefficient (Wildman–Crippen LogP) is 3.33. The van der Waals surface area contributed by atoms with Gasteiger partial charge in [0, 0.05) is 18.8 Å². The number of hydrogen-bond donors (Lipinski definition) is 1. The summed E-state index contributed by atoms with van der Waals surface area (Å²) < 4.78 is 43.4. The number of ether oxygens (including phenoxy) is 1. The first-order valence-electron chi connectivity index (χ1n) is 10.1. The Labute approximate surface area is 177 Å². The monoisotopic (exact) mass is 436 g/mol. The van der Waals surface area contributed by atoms with E-state index in [9.17, 15) is 12.8 Å². The van der Waals surface area contributed by atoms with Crippen molar-refractivity contribution in [1.82, 2.24) is 15.3 Å². The summed E-state index contributed by atoms with van der Waals surface area (Å²) in [5.74, 6) is 0.759. The summed E-state index contributed by atoms with van der Waals surface area (Å²) in [4.78, 5) is 10.8. The average Bonchev–Trinajstić information content (AvgIpc) is 2.69. The van der Waals surface area contributed by atoms with Crippen LogP contribution < -0.4 is 15.0 Å². The second kappa shape index (κ2) is 9.26. The van der Waals surface area contributed by atoms with Gasteiger partial charge in [-0.1, -0.05) is 0 Å². The predicted molar refractivity (Wildman–Crippen MR) is 114 cm³/mol. The summed E-state index contributed by atoms with van der Waals surface area (Å²) in [5.41, 5.74) is 0.715. The van der Waals surface area contributed by atoms with E-state index in [2.05, 4.69) is 34.0 Å². The van der Waals surface area contributed by atoms with E-state index in [4.69, 9.17) is 4.74 Å². The number of rotatable bonds is 7. The Kier molecular flexibility index (Phi) is 6.92. The Hall–Kier alpha value is -2.26. The van der Waals surface area contributed by atoms with E-state index in [1.807, 2.05) is 6.92 Å². The van der Waals surface area contributed by atoms with Crippen molar-refractivity contribution in [2.45, 2.75) is 44.6 Å². The fourth-order valence-corrected chi connectivity index (χ4v) is 4.23. The van der Waals surface area contributed by atoms with E-state index >= 15 is 0 Å². The summed E-state index contributed by atoms with van der Waals surface area (Å²) in [6, 6.07) is 3.82. The maximum atomic E-state index is 14.4. The first kappa shape index (κ1) is 22.4. The summed E-state index contributed by atoms with van der Waals surface area (Å²) in [6.07, 6.45) is 4.69. The van der Waals surface area contributed by atoms with Gasteiger partial charge in [0.15, 0.2) is 21.4 Å². The third-order valence-corrected chi connectivity index (χ3v) is 6.47. The van der Waals surface area contributed by atoms with Gasteiger partial charge in [0.1, 0.15) is 12.1 Å². The first-order valence-corrected chi connectivity index (χ1v) is 12.0. The van der Waals surface area contributed by atoms with Crippen LogP contribution in [0.2, 0.25) is 0 Å². The number of halogens is 1. The number of hydrogen-bond acceptors (Lipinski definition) is 7. The number of piperidine rings is 1. The molecule has 0 atom stereocenters. The van der Waals surface area contributed by atoms with Crippen LogP contribution in [-0.2, 0) is 9.84 Å². The molecule has 30 heavy (non-hydrogen) atoms. The highest BCUT2D eigenvalue weighted by molar-refractivity contribution is 7.90. The van der Waals surface area contributed by atoms with Crippen molar-refractivity contribution in [3.8, 4) is 11.6 Å². The van der Waals surface area contributed by atoms with Crippen molar-refractivity contribution in [3.63, 3.8) is 0 Å². The van der Waals surface area contributed by atoms with Gasteiger partial charge >= 0.3 is 0 Å². The van der Waals surface area contributed by atoms with E-state index in [1.165, 1.54) is 18.5 Å². The number of anilines is 1. The van der Waals surface area contributed by atoms with Crippen LogP contribution in [0.15, 0.2) is 29.4 Å². The van der Waals surface area contributed by atoms with Crippen LogP contribution in [0.3, 0.4) is 0 Å². The second-order valence-electron chi connectivity index (χ2n) is 8.03. The number of aromatic nitrogens is 2. The van der Waals surface area contributed by atoms with E-state index in [-0.39, 0.29) is 22.6 Å². The standard InChI is InChI=1S/C21H29FN4O3S/c1-14(2)26(12-16-7-9-23-10-8-16)20-15(3)21(25-13-24-20)29-19-6-5-17(11-18(19)22)30(4,27)28/h5-6,11,13-14,16,23H,7-10,12H2,1-4H3. The van der Waals surface area contributed by atoms with Crippen LogP contribution in [0.1, 0.15) is 32.3 Å². The largest absolute Gasteiger partial charge is 0.435 e. The topological polar surface area (TPSA) is 84.4 Å². The van der Waals surface area contributed by atoms with Crippen molar-refractivity contribution < 1.29 is 17.5 Å². The Morgan fingerprint density at radius 3 is 2.57 bits per heavy atom. The van der Waals surface area contributed by atoms with Crippen LogP contribution in [-0.4, -0.2) is 50.3 Å². The highest BCUT2D eigenvalue weighted by atomic mass is 32.2. The molecule has 164 valence electrons. The van der Waals surface area contributed by atoms with E-state index < -0.39 is 15.7 Å². The molecular weight excluding hydrogens is 407 g/mol. The fraction of sp³-hybridized carbons (Fsp3) is 0.524. The third kappa shape index (κ3) is 5.26. The Morgan fingerprint density at radius 1 is 1.27 bits per heavy atom. The zero-order valence-corrected chi connectivity index (χ0v) is 18.7. The van der Waals surface area contributed by atoms with Crippen molar-refractivity contribution in [2.75, 3.05) is 30.8 Å². The highest BCUT2D eigenvalue weighted by Gasteiger charge is 2.23. The molecular formula is C21H29FN4O3S. The minimum atomic E-state index is -3.50. The van der Waals surface area contributed by atoms with Gasteiger partial charge in [0.2, 0.25) is 5.88 Å². The molecule has 2 heterocycles. The van der Waals surface area contributed by atoms with Crippen molar-refractivity contribution in [2.24, 2.45) is 5.92 Å². The summed E-state index contributed by atoms with van der Waals surface area (Å²) in [7, 11) is -3.50. The number of nitrogens with zero attached hydrogens (tertiary/aromatic N) is 3. The van der Waals surface area contributed by atoms with Gasteiger partial charge in [0.25, 0.3) is 0 Å². The highest BCUT2D eigenvalue weighted by Crippen LogP contribution is 2.32. The molecule has 0 bridgehead atoms. The Morgan fingerprint density at radius 2 is 1.97 bits per heavy atom. The van der Waals surface area contributed by atoms with Crippen LogP contribution in [0.25, 0.3) is 0 Å². The van der Waals surface area contributed by atoms with Gasteiger partial charge in [-0.05, 0) is 70.8 Å². The minimum absolute atomic E-state index is 0.0791. The van der Waals surface area contributed by atoms with Crippen molar-refractivity contribution in [1.29, 1.82) is 0 Å². The lowest BCUT2D eigenvalue weighted by Crippen LogP contribution is -2.40. The molecule has 1 saturated heterocycles. The molecule has 0 aliphatic carbocycles. The summed E-state index contributed by atoms with van der Waals surface area (Å²) in [6.45, 7) is 9.02. The zero-order valence-electron chi connectivity index (χ0n) is 17.9. The average molecular weight is 437 g/mol. The van der Waals surface area contributed by atoms with Gasteiger partial charge in [-0.15, -0.1) is 0 Å². The normalized spacial score (nSPS) is 15.4. The van der Waals surface area contributed by atoms with Gasteiger partial charge in [-0.2, -0.15) is 0 Å². The third-order valence-electron chi connectivity index (χ3n) is 5.36. The number of sulfone groups is 1. The zero-order chi connectivity index (χ0) is 21.9. The van der Waals surface area contributed by atoms with Gasteiger partial charge in [0.05, 0.1) is 10.5 Å². The first-order chi connectivity index (χ1) is 14.2. The quantitative estimate of drug-likeness (QED) is 0.713. The molecule has 1 aromatic heterocycles. The van der Waals surface area contributed by atoms with Crippen molar-refractivity contribution in [3.05, 3.63) is 35.9 Å². The maximum absolute atomic E-state index is 14.4. The van der Waals surface area contributed by atoms with Crippen molar-refractivity contribution >= 4 is 15.7 Å². The summed E-state index contributed by atoms with van der Waals surface area (Å²) >= 11 is 0. The SMILES string of the molecule is Cc1c(Oc2ccc(S(C)(=O)=O)cc2F)ncnc1N(CC1CCNCC1)C(C)C. The molecule has 7 nitrogen and oxygen atoms in total. The van der Waals surface area contributed by atoms with Crippen LogP contribution in [0.5, 0.6) is 11.6 Å². The van der Waals surface area contributed by atoms with Crippen LogP contribution in [0.4, 0.5) is 10.2 Å². The lowest BCUT2D eigenvalue weighted by atomic mass is 9.97. The molecule has 1 N–H and O–H groups in total. The second-order valence-corrected chi connectivity index (χ2v) is 10.0. The molecule has 1 aliphatic heterocycles. The maximum Gasteiger partial charge on any atom is 0.227 e. The molecule has 0 unspecified atom stereocenters. The lowest BCUT2D eigenvalue weighted by molar-refractivity contribution is 0.366. The van der Waals surface area contributed by atoms with Gasteiger partial charge in [-0.3, -0.25) is 0 Å². The molecule has 9 heteroatoms. The minimum Gasteiger partial charge on any atom is -0.435 e. The molecule has 0 amide bonds. The number of nitrogens with one attached hydrogen (secondary N) is 1. The molecule has 0 spiro atoms. The fourth-order valence-electron chi connectivity index (χ4n) is 3.60. The Balaban J connectivity index is 1.86. The molecule has 1 aliphatic rings. The van der Waals surface area contributed by atoms with Crippen LogP contribution >= 0.6 is 0 Å². The molecule has 3 rings (SSSR count). The van der Waals surface area contributed by atoms with Gasteiger partial charge < -0.3 is 15.0 Å². The van der Waals surface area contributed by atoms with E-state index in [0.29, 0.717) is 11.5 Å². The number of benzene rings is 1. The smallest absolute Gasteiger partial charge is 0.227 e. The molecule has 0 radical (unpaired) electrons. The van der Waals surface area contributed by atoms with Crippen LogP contribution in [0, 0.1) is 18.7 Å². The molecule has 0 saturated carbocycles. The van der Waals surface area contributed by atoms with E-state index in [1.54, 1.807) is 0 Å². The molecule has 2 aromatic rings. The lowest BCUT2D eigenvalue weighted by Gasteiger charge is -2.34. The van der Waals surface area contributed by atoms with E-state index in [0.717, 1.165) is 50.6 Å². The molecule has 1 fully saturated rings. The molecule has 1 aromatic carbocycles. The van der Waals surface area contributed by atoms with Gasteiger partial charge in [-0.25, -0.2) is 22.8 Å². The summed E-state index contributed by atoms with van der Waals surface area (Å²) in [5, 5.41) is 3.39. The Bertz CT molecular complexity index is 992.